The summed E-state index contributed by atoms with van der Waals surface area (Å²) in [5, 5.41) is 2.27. The van der Waals surface area contributed by atoms with Crippen LogP contribution in [0.4, 0.5) is 0 Å². The third-order valence-electron chi connectivity index (χ3n) is 3.90. The lowest BCUT2D eigenvalue weighted by Crippen LogP contribution is -2.36. The van der Waals surface area contributed by atoms with Gasteiger partial charge in [-0.3, -0.25) is 0 Å². The van der Waals surface area contributed by atoms with E-state index in [2.05, 4.69) is 74.9 Å². The van der Waals surface area contributed by atoms with Crippen LogP contribution in [0.15, 0.2) is 65.1 Å². The molecule has 0 aliphatic carbocycles. The first-order valence-electron chi connectivity index (χ1n) is 7.84. The molecule has 0 bridgehead atoms. The monoisotopic (exact) mass is 294 g/mol. The highest BCUT2D eigenvalue weighted by Crippen LogP contribution is 2.17. The van der Waals surface area contributed by atoms with Crippen LogP contribution in [0.3, 0.4) is 0 Å². The molecule has 0 atom stereocenters. The minimum absolute atomic E-state index is 1.02. The Kier molecular flexibility index (Phi) is 3.99. The van der Waals surface area contributed by atoms with Crippen LogP contribution in [-0.2, 0) is 0 Å². The van der Waals surface area contributed by atoms with Crippen molar-refractivity contribution in [3.05, 3.63) is 70.7 Å². The second-order valence-corrected chi connectivity index (χ2v) is 6.89. The van der Waals surface area contributed by atoms with E-state index in [0.29, 0.717) is 0 Å². The predicted molar refractivity (Wildman–Crippen MR) is 91.2 cm³/mol. The number of para-hydroxylation sites is 1. The zero-order valence-electron chi connectivity index (χ0n) is 13.7. The van der Waals surface area contributed by atoms with Crippen LogP contribution in [0.2, 0.25) is 0 Å². The summed E-state index contributed by atoms with van der Waals surface area (Å²) in [7, 11) is 6.71. The van der Waals surface area contributed by atoms with Gasteiger partial charge in [0, 0.05) is 36.2 Å². The number of allylic oxidation sites excluding steroid dienone is 4. The van der Waals surface area contributed by atoms with E-state index in [1.165, 1.54) is 23.8 Å². The summed E-state index contributed by atoms with van der Waals surface area (Å²) in [6.07, 6.45) is 12.0. The molecule has 0 amide bonds. The molecular formula is C19H24N3+. The summed E-state index contributed by atoms with van der Waals surface area (Å²) in [4.78, 5) is 6.95. The molecule has 22 heavy (non-hydrogen) atoms. The Morgan fingerprint density at radius 2 is 1.77 bits per heavy atom. The number of rotatable bonds is 4. The van der Waals surface area contributed by atoms with Gasteiger partial charge < -0.3 is 9.38 Å². The number of hydrogen-bond acceptors (Lipinski definition) is 2. The van der Waals surface area contributed by atoms with Crippen molar-refractivity contribution >= 4 is 6.08 Å². The van der Waals surface area contributed by atoms with Crippen LogP contribution in [0.5, 0.6) is 0 Å². The average Bonchev–Trinajstić information content (AvgIpc) is 2.90. The molecule has 0 saturated carbocycles. The molecule has 0 saturated heterocycles. The van der Waals surface area contributed by atoms with Gasteiger partial charge in [0.25, 0.3) is 0 Å². The van der Waals surface area contributed by atoms with Crippen LogP contribution >= 0.6 is 0 Å². The van der Waals surface area contributed by atoms with Crippen LogP contribution in [0.25, 0.3) is 6.08 Å². The first-order valence-corrected chi connectivity index (χ1v) is 7.84. The van der Waals surface area contributed by atoms with Crippen molar-refractivity contribution in [2.75, 3.05) is 34.2 Å². The third-order valence-corrected chi connectivity index (χ3v) is 3.90. The molecule has 1 aromatic rings. The van der Waals surface area contributed by atoms with Gasteiger partial charge in [-0.2, -0.15) is 0 Å². The molecule has 2 aliphatic heterocycles. The van der Waals surface area contributed by atoms with Crippen molar-refractivity contribution in [2.24, 2.45) is 4.99 Å². The third kappa shape index (κ3) is 3.55. The molecule has 0 N–H and O–H groups in total. The number of hydrogen-bond donors (Lipinski definition) is 0. The maximum Gasteiger partial charge on any atom is 0.0797 e. The molecule has 0 unspecified atom stereocenters. The molecular weight excluding hydrogens is 270 g/mol. The zero-order valence-corrected chi connectivity index (χ0v) is 13.7. The summed E-state index contributed by atoms with van der Waals surface area (Å²) in [6.45, 7) is 2.25. The van der Waals surface area contributed by atoms with Crippen molar-refractivity contribution in [1.82, 2.24) is 4.90 Å². The summed E-state index contributed by atoms with van der Waals surface area (Å²) >= 11 is 0. The smallest absolute Gasteiger partial charge is 0.0797 e. The Morgan fingerprint density at radius 3 is 2.45 bits per heavy atom. The van der Waals surface area contributed by atoms with Crippen molar-refractivity contribution in [3.63, 3.8) is 0 Å². The molecule has 0 fully saturated rings. The van der Waals surface area contributed by atoms with E-state index >= 15 is 0 Å². The van der Waals surface area contributed by atoms with Crippen molar-refractivity contribution < 1.29 is 4.48 Å². The molecule has 114 valence electrons. The molecule has 0 radical (unpaired) electrons. The second-order valence-electron chi connectivity index (χ2n) is 6.89. The fourth-order valence-corrected chi connectivity index (χ4v) is 2.67. The largest absolute Gasteiger partial charge is 0.354 e. The minimum Gasteiger partial charge on any atom is -0.354 e. The lowest BCUT2D eigenvalue weighted by atomic mass is 10.1. The van der Waals surface area contributed by atoms with Gasteiger partial charge in [0.2, 0.25) is 0 Å². The summed E-state index contributed by atoms with van der Waals surface area (Å²) in [5.74, 6) is 0. The fraction of sp³-hybridized carbons (Fsp3) is 0.316. The first-order chi connectivity index (χ1) is 10.5. The molecule has 2 heterocycles. The van der Waals surface area contributed by atoms with E-state index in [4.69, 9.17) is 4.99 Å². The molecule has 0 aromatic heterocycles. The molecule has 3 heteroatoms. The number of quaternary nitrogens is 1. The molecule has 1 aromatic carbocycles. The maximum absolute atomic E-state index is 4.70. The van der Waals surface area contributed by atoms with Gasteiger partial charge >= 0.3 is 0 Å². The SMILES string of the molecule is C[N+](C)(C)CCCN1C=CC(=C2C=c3ccccc3=N2)C=C1. The fourth-order valence-electron chi connectivity index (χ4n) is 2.67. The van der Waals surface area contributed by atoms with E-state index in [0.717, 1.165) is 22.1 Å². The van der Waals surface area contributed by atoms with Crippen molar-refractivity contribution in [2.45, 2.75) is 6.42 Å². The van der Waals surface area contributed by atoms with Crippen LogP contribution < -0.4 is 10.6 Å². The molecule has 3 rings (SSSR count). The Balaban J connectivity index is 1.67. The number of nitrogens with zero attached hydrogens (tertiary/aromatic N) is 3. The van der Waals surface area contributed by atoms with Gasteiger partial charge in [-0.1, -0.05) is 18.2 Å². The molecule has 2 aliphatic rings. The predicted octanol–water partition coefficient (Wildman–Crippen LogP) is 1.79. The van der Waals surface area contributed by atoms with Crippen LogP contribution in [0.1, 0.15) is 6.42 Å². The van der Waals surface area contributed by atoms with Gasteiger partial charge in [-0.25, -0.2) is 4.99 Å². The summed E-state index contributed by atoms with van der Waals surface area (Å²) in [6, 6.07) is 8.26. The van der Waals surface area contributed by atoms with Crippen molar-refractivity contribution in [3.8, 4) is 0 Å². The summed E-state index contributed by atoms with van der Waals surface area (Å²) < 4.78 is 1.02. The average molecular weight is 294 g/mol. The highest BCUT2D eigenvalue weighted by Gasteiger charge is 2.10. The van der Waals surface area contributed by atoms with E-state index in [-0.39, 0.29) is 0 Å². The Hall–Kier alpha value is -2.13. The van der Waals surface area contributed by atoms with E-state index in [1.54, 1.807) is 0 Å². The van der Waals surface area contributed by atoms with Gasteiger partial charge in [-0.15, -0.1) is 0 Å². The van der Waals surface area contributed by atoms with Gasteiger partial charge in [0.05, 0.1) is 38.7 Å². The molecule has 3 nitrogen and oxygen atoms in total. The number of fused-ring (bicyclic) bond motifs is 1. The standard InChI is InChI=1S/C19H24N3/c1-22(2,3)14-6-11-21-12-9-16(10-13-21)19-15-17-7-4-5-8-18(17)20-19/h4-5,7-10,12-13,15H,6,11,14H2,1-3H3/q+1. The lowest BCUT2D eigenvalue weighted by molar-refractivity contribution is -0.870. The second kappa shape index (κ2) is 5.93. The Morgan fingerprint density at radius 1 is 1.05 bits per heavy atom. The van der Waals surface area contributed by atoms with Crippen LogP contribution in [0, 0.1) is 0 Å². The topological polar surface area (TPSA) is 15.6 Å². The highest BCUT2D eigenvalue weighted by atomic mass is 15.3. The van der Waals surface area contributed by atoms with Crippen molar-refractivity contribution in [1.29, 1.82) is 0 Å². The minimum atomic E-state index is 1.02. The normalized spacial score (nSPS) is 16.6. The zero-order chi connectivity index (χ0) is 15.6. The van der Waals surface area contributed by atoms with E-state index < -0.39 is 0 Å². The quantitative estimate of drug-likeness (QED) is 0.773. The van der Waals surface area contributed by atoms with Gasteiger partial charge in [-0.05, 0) is 24.3 Å². The van der Waals surface area contributed by atoms with Gasteiger partial charge in [0.1, 0.15) is 0 Å². The van der Waals surface area contributed by atoms with E-state index in [1.807, 2.05) is 6.07 Å². The van der Waals surface area contributed by atoms with Gasteiger partial charge in [0.15, 0.2) is 0 Å². The van der Waals surface area contributed by atoms with Crippen LogP contribution in [-0.4, -0.2) is 43.6 Å². The first kappa shape index (κ1) is 14.8. The molecule has 0 spiro atoms. The Bertz CT molecular complexity index is 708. The number of benzene rings is 1. The summed E-state index contributed by atoms with van der Waals surface area (Å²) in [5.41, 5.74) is 2.23. The van der Waals surface area contributed by atoms with E-state index in [9.17, 15) is 0 Å². The Labute approximate surface area is 132 Å². The highest BCUT2D eigenvalue weighted by molar-refractivity contribution is 5.57. The lowest BCUT2D eigenvalue weighted by Gasteiger charge is -2.26. The maximum atomic E-state index is 4.70.